The van der Waals surface area contributed by atoms with Crippen LogP contribution in [0.4, 0.5) is 5.69 Å². The number of hydrogen-bond donors (Lipinski definition) is 1. The molecule has 0 aliphatic carbocycles. The quantitative estimate of drug-likeness (QED) is 0.916. The number of anilines is 1. The van der Waals surface area contributed by atoms with Crippen molar-refractivity contribution < 1.29 is 9.21 Å². The van der Waals surface area contributed by atoms with Gasteiger partial charge >= 0.3 is 0 Å². The van der Waals surface area contributed by atoms with Gasteiger partial charge in [0.15, 0.2) is 0 Å². The van der Waals surface area contributed by atoms with Gasteiger partial charge in [0.05, 0.1) is 12.8 Å². The number of aryl methyl sites for hydroxylation is 1. The highest BCUT2D eigenvalue weighted by Gasteiger charge is 2.09. The smallest absolute Gasteiger partial charge is 0.251 e. The number of carbonyl (C=O) groups excluding carboxylic acids is 1. The molecule has 0 radical (unpaired) electrons. The summed E-state index contributed by atoms with van der Waals surface area (Å²) in [4.78, 5) is 14.0. The van der Waals surface area contributed by atoms with E-state index in [2.05, 4.69) is 5.32 Å². The fourth-order valence-corrected chi connectivity index (χ4v) is 1.98. The van der Waals surface area contributed by atoms with Crippen molar-refractivity contribution in [2.24, 2.45) is 0 Å². The largest absolute Gasteiger partial charge is 0.467 e. The van der Waals surface area contributed by atoms with E-state index in [9.17, 15) is 4.79 Å². The molecule has 4 nitrogen and oxygen atoms in total. The van der Waals surface area contributed by atoms with Gasteiger partial charge in [-0.05, 0) is 42.8 Å². The van der Waals surface area contributed by atoms with Crippen LogP contribution in [0.1, 0.15) is 21.7 Å². The van der Waals surface area contributed by atoms with E-state index in [4.69, 9.17) is 4.42 Å². The van der Waals surface area contributed by atoms with E-state index in [1.54, 1.807) is 12.3 Å². The van der Waals surface area contributed by atoms with Gasteiger partial charge in [0.25, 0.3) is 5.91 Å². The zero-order valence-electron chi connectivity index (χ0n) is 11.4. The molecule has 0 aliphatic rings. The monoisotopic (exact) mass is 258 g/mol. The van der Waals surface area contributed by atoms with Gasteiger partial charge in [-0.2, -0.15) is 0 Å². The highest BCUT2D eigenvalue weighted by Crippen LogP contribution is 2.19. The lowest BCUT2D eigenvalue weighted by atomic mass is 10.1. The molecule has 1 N–H and O–H groups in total. The number of amides is 1. The Kier molecular flexibility index (Phi) is 3.90. The summed E-state index contributed by atoms with van der Waals surface area (Å²) in [5, 5.41) is 2.83. The van der Waals surface area contributed by atoms with E-state index < -0.39 is 0 Å². The van der Waals surface area contributed by atoms with Crippen LogP contribution in [0.3, 0.4) is 0 Å². The molecule has 2 aromatic rings. The van der Waals surface area contributed by atoms with Crippen molar-refractivity contribution >= 4 is 11.6 Å². The average molecular weight is 258 g/mol. The second-order valence-electron chi connectivity index (χ2n) is 4.66. The van der Waals surface area contributed by atoms with Crippen molar-refractivity contribution in [1.82, 2.24) is 5.32 Å². The molecular formula is C15H18N2O2. The van der Waals surface area contributed by atoms with Gasteiger partial charge in [0, 0.05) is 25.3 Å². The Morgan fingerprint density at radius 1 is 1.32 bits per heavy atom. The Balaban J connectivity index is 2.05. The van der Waals surface area contributed by atoms with Gasteiger partial charge in [-0.1, -0.05) is 0 Å². The van der Waals surface area contributed by atoms with Crippen molar-refractivity contribution in [3.63, 3.8) is 0 Å². The van der Waals surface area contributed by atoms with Crippen molar-refractivity contribution in [3.05, 3.63) is 53.5 Å². The van der Waals surface area contributed by atoms with Crippen LogP contribution < -0.4 is 10.2 Å². The summed E-state index contributed by atoms with van der Waals surface area (Å²) in [5.74, 6) is 0.653. The van der Waals surface area contributed by atoms with Crippen LogP contribution >= 0.6 is 0 Å². The number of benzene rings is 1. The first kappa shape index (κ1) is 13.2. The molecule has 0 saturated heterocycles. The van der Waals surface area contributed by atoms with E-state index in [0.29, 0.717) is 12.1 Å². The number of carbonyl (C=O) groups is 1. The van der Waals surface area contributed by atoms with Crippen LogP contribution in [0.15, 0.2) is 41.0 Å². The third-order valence-electron chi connectivity index (χ3n) is 2.94. The number of hydrogen-bond acceptors (Lipinski definition) is 3. The minimum Gasteiger partial charge on any atom is -0.467 e. The fraction of sp³-hybridized carbons (Fsp3) is 0.267. The SMILES string of the molecule is Cc1cc(C(=O)NCc2ccco2)ccc1N(C)C. The Morgan fingerprint density at radius 2 is 2.11 bits per heavy atom. The second kappa shape index (κ2) is 5.61. The van der Waals surface area contributed by atoms with E-state index in [-0.39, 0.29) is 5.91 Å². The summed E-state index contributed by atoms with van der Waals surface area (Å²) in [6.45, 7) is 2.40. The Hall–Kier alpha value is -2.23. The second-order valence-corrected chi connectivity index (χ2v) is 4.66. The van der Waals surface area contributed by atoms with Crippen molar-refractivity contribution in [2.45, 2.75) is 13.5 Å². The number of rotatable bonds is 4. The first-order valence-electron chi connectivity index (χ1n) is 6.16. The molecule has 100 valence electrons. The lowest BCUT2D eigenvalue weighted by Crippen LogP contribution is -2.22. The predicted octanol–water partition coefficient (Wildman–Crippen LogP) is 2.58. The summed E-state index contributed by atoms with van der Waals surface area (Å²) in [7, 11) is 3.97. The maximum absolute atomic E-state index is 12.0. The third-order valence-corrected chi connectivity index (χ3v) is 2.94. The average Bonchev–Trinajstić information content (AvgIpc) is 2.88. The summed E-state index contributed by atoms with van der Waals surface area (Å²) in [6, 6.07) is 9.32. The molecular weight excluding hydrogens is 240 g/mol. The molecule has 0 fully saturated rings. The molecule has 2 rings (SSSR count). The maximum atomic E-state index is 12.0. The zero-order chi connectivity index (χ0) is 13.8. The molecule has 1 aromatic heterocycles. The first-order valence-corrected chi connectivity index (χ1v) is 6.16. The standard InChI is InChI=1S/C15H18N2O2/c1-11-9-12(6-7-14(11)17(2)3)15(18)16-10-13-5-4-8-19-13/h4-9H,10H2,1-3H3,(H,16,18). The molecule has 0 atom stereocenters. The molecule has 19 heavy (non-hydrogen) atoms. The number of nitrogens with zero attached hydrogens (tertiary/aromatic N) is 1. The van der Waals surface area contributed by atoms with Crippen LogP contribution in [0.5, 0.6) is 0 Å². The van der Waals surface area contributed by atoms with Crippen molar-refractivity contribution in [1.29, 1.82) is 0 Å². The summed E-state index contributed by atoms with van der Waals surface area (Å²) in [6.07, 6.45) is 1.59. The molecule has 4 heteroatoms. The number of nitrogens with one attached hydrogen (secondary N) is 1. The molecule has 0 saturated carbocycles. The Morgan fingerprint density at radius 3 is 2.68 bits per heavy atom. The molecule has 1 aromatic carbocycles. The fourth-order valence-electron chi connectivity index (χ4n) is 1.98. The van der Waals surface area contributed by atoms with E-state index in [1.807, 2.05) is 50.2 Å². The minimum absolute atomic E-state index is 0.0928. The van der Waals surface area contributed by atoms with Gasteiger partial charge in [-0.15, -0.1) is 0 Å². The van der Waals surface area contributed by atoms with Crippen LogP contribution in [0, 0.1) is 6.92 Å². The van der Waals surface area contributed by atoms with Gasteiger partial charge in [0.2, 0.25) is 0 Å². The third kappa shape index (κ3) is 3.16. The first-order chi connectivity index (χ1) is 9.08. The summed E-state index contributed by atoms with van der Waals surface area (Å²) < 4.78 is 5.17. The topological polar surface area (TPSA) is 45.5 Å². The number of furan rings is 1. The highest BCUT2D eigenvalue weighted by atomic mass is 16.3. The van der Waals surface area contributed by atoms with Gasteiger partial charge < -0.3 is 14.6 Å². The molecule has 0 aliphatic heterocycles. The lowest BCUT2D eigenvalue weighted by Gasteiger charge is -2.16. The minimum atomic E-state index is -0.0928. The van der Waals surface area contributed by atoms with Crippen molar-refractivity contribution in [3.8, 4) is 0 Å². The highest BCUT2D eigenvalue weighted by molar-refractivity contribution is 5.94. The van der Waals surface area contributed by atoms with Crippen LogP contribution in [0.25, 0.3) is 0 Å². The van der Waals surface area contributed by atoms with Gasteiger partial charge in [0.1, 0.15) is 5.76 Å². The van der Waals surface area contributed by atoms with Crippen LogP contribution in [0.2, 0.25) is 0 Å². The predicted molar refractivity (Wildman–Crippen MR) is 75.4 cm³/mol. The van der Waals surface area contributed by atoms with Crippen LogP contribution in [-0.2, 0) is 6.54 Å². The molecule has 0 unspecified atom stereocenters. The Labute approximate surface area is 113 Å². The van der Waals surface area contributed by atoms with Crippen molar-refractivity contribution in [2.75, 3.05) is 19.0 Å². The van der Waals surface area contributed by atoms with Crippen LogP contribution in [-0.4, -0.2) is 20.0 Å². The van der Waals surface area contributed by atoms with E-state index in [1.165, 1.54) is 0 Å². The normalized spacial score (nSPS) is 10.3. The van der Waals surface area contributed by atoms with Gasteiger partial charge in [-0.25, -0.2) is 0 Å². The zero-order valence-corrected chi connectivity index (χ0v) is 11.4. The summed E-state index contributed by atoms with van der Waals surface area (Å²) in [5.41, 5.74) is 2.85. The Bertz CT molecular complexity index is 560. The lowest BCUT2D eigenvalue weighted by molar-refractivity contribution is 0.0948. The molecule has 0 spiro atoms. The van der Waals surface area contributed by atoms with E-state index >= 15 is 0 Å². The molecule has 1 heterocycles. The molecule has 0 bridgehead atoms. The van der Waals surface area contributed by atoms with Gasteiger partial charge in [-0.3, -0.25) is 4.79 Å². The molecule has 1 amide bonds. The van der Waals surface area contributed by atoms with E-state index in [0.717, 1.165) is 17.0 Å². The maximum Gasteiger partial charge on any atom is 0.251 e. The summed E-state index contributed by atoms with van der Waals surface area (Å²) >= 11 is 0.